The van der Waals surface area contributed by atoms with Crippen LogP contribution in [0.2, 0.25) is 0 Å². The zero-order valence-electron chi connectivity index (χ0n) is 20.3. The van der Waals surface area contributed by atoms with Gasteiger partial charge in [0.1, 0.15) is 22.0 Å². The van der Waals surface area contributed by atoms with Gasteiger partial charge in [0.25, 0.3) is 0 Å². The number of thiazole rings is 1. The number of likely N-dealkylation sites (tertiary alicyclic amines) is 1. The van der Waals surface area contributed by atoms with Crippen LogP contribution >= 0.6 is 11.3 Å². The largest absolute Gasteiger partial charge is 0.365 e. The number of fused-ring (bicyclic) bond motifs is 1. The molecule has 1 aliphatic heterocycles. The normalized spacial score (nSPS) is 17.1. The van der Waals surface area contributed by atoms with Crippen molar-refractivity contribution in [2.45, 2.75) is 52.7 Å². The molecule has 1 amide bonds. The highest BCUT2D eigenvalue weighted by Gasteiger charge is 2.25. The molecule has 0 saturated carbocycles. The van der Waals surface area contributed by atoms with Crippen molar-refractivity contribution in [3.05, 3.63) is 48.7 Å². The molecular weight excluding hydrogens is 446 g/mol. The molecule has 180 valence electrons. The van der Waals surface area contributed by atoms with Crippen LogP contribution in [0.15, 0.2) is 43.1 Å². The topological polar surface area (TPSA) is 95.1 Å². The van der Waals surface area contributed by atoms with Gasteiger partial charge in [-0.1, -0.05) is 38.7 Å². The number of nitrogens with one attached hydrogen (secondary N) is 3. The molecule has 4 rings (SSSR count). The number of nitrogens with zero attached hydrogens (tertiary/aromatic N) is 4. The van der Waals surface area contributed by atoms with E-state index in [-0.39, 0.29) is 17.4 Å². The fourth-order valence-corrected chi connectivity index (χ4v) is 4.57. The minimum absolute atomic E-state index is 0.0295. The van der Waals surface area contributed by atoms with Gasteiger partial charge in [-0.15, -0.1) is 0 Å². The van der Waals surface area contributed by atoms with Gasteiger partial charge in [0.2, 0.25) is 5.91 Å². The van der Waals surface area contributed by atoms with Crippen LogP contribution in [0.4, 0.5) is 16.8 Å². The summed E-state index contributed by atoms with van der Waals surface area (Å²) in [5.74, 6) is 1.47. The van der Waals surface area contributed by atoms with Gasteiger partial charge in [0.15, 0.2) is 5.13 Å². The third kappa shape index (κ3) is 5.90. The van der Waals surface area contributed by atoms with Crippen LogP contribution in [-0.2, 0) is 11.3 Å². The van der Waals surface area contributed by atoms with Crippen LogP contribution in [-0.4, -0.2) is 50.9 Å². The number of pyridine rings is 2. The molecule has 9 heteroatoms. The Kier molecular flexibility index (Phi) is 7.13. The van der Waals surface area contributed by atoms with Crippen molar-refractivity contribution in [3.63, 3.8) is 0 Å². The van der Waals surface area contributed by atoms with E-state index in [1.54, 1.807) is 6.20 Å². The van der Waals surface area contributed by atoms with E-state index in [0.29, 0.717) is 12.6 Å². The molecule has 0 bridgehead atoms. The highest BCUT2D eigenvalue weighted by molar-refractivity contribution is 7.21. The smallest absolute Gasteiger partial charge is 0.246 e. The summed E-state index contributed by atoms with van der Waals surface area (Å²) in [7, 11) is 0. The third-order valence-corrected chi connectivity index (χ3v) is 7.12. The molecule has 34 heavy (non-hydrogen) atoms. The molecule has 4 heterocycles. The summed E-state index contributed by atoms with van der Waals surface area (Å²) >= 11 is 1.50. The van der Waals surface area contributed by atoms with Gasteiger partial charge >= 0.3 is 0 Å². The Bertz CT molecular complexity index is 1140. The fourth-order valence-electron chi connectivity index (χ4n) is 3.75. The Balaban J connectivity index is 1.54. The molecule has 1 saturated heterocycles. The molecular formula is C25H33N7OS. The first-order valence-corrected chi connectivity index (χ1v) is 12.4. The number of rotatable bonds is 8. The molecule has 0 unspecified atom stereocenters. The zero-order valence-corrected chi connectivity index (χ0v) is 21.1. The van der Waals surface area contributed by atoms with Gasteiger partial charge < -0.3 is 20.9 Å². The van der Waals surface area contributed by atoms with Crippen LogP contribution in [0.5, 0.6) is 0 Å². The van der Waals surface area contributed by atoms with E-state index in [4.69, 9.17) is 4.98 Å². The number of aromatic nitrogens is 3. The number of hydrogen-bond donors (Lipinski definition) is 3. The molecule has 1 aliphatic rings. The van der Waals surface area contributed by atoms with Crippen molar-refractivity contribution >= 4 is 44.4 Å². The van der Waals surface area contributed by atoms with Gasteiger partial charge in [-0.2, -0.15) is 0 Å². The van der Waals surface area contributed by atoms with E-state index < -0.39 is 0 Å². The highest BCUT2D eigenvalue weighted by Crippen LogP contribution is 2.28. The van der Waals surface area contributed by atoms with Crippen molar-refractivity contribution < 1.29 is 4.79 Å². The Morgan fingerprint density at radius 1 is 1.32 bits per heavy atom. The lowest BCUT2D eigenvalue weighted by Crippen LogP contribution is -2.37. The average molecular weight is 480 g/mol. The summed E-state index contributed by atoms with van der Waals surface area (Å²) in [5.41, 5.74) is 2.14. The van der Waals surface area contributed by atoms with Crippen molar-refractivity contribution in [2.24, 2.45) is 5.41 Å². The van der Waals surface area contributed by atoms with E-state index >= 15 is 0 Å². The Hall–Kier alpha value is -3.04. The van der Waals surface area contributed by atoms with Crippen LogP contribution in [0.25, 0.3) is 10.3 Å². The summed E-state index contributed by atoms with van der Waals surface area (Å²) in [6, 6.07) is 8.46. The number of anilines is 3. The Morgan fingerprint density at radius 2 is 2.12 bits per heavy atom. The van der Waals surface area contributed by atoms with E-state index in [0.717, 1.165) is 52.2 Å². The molecule has 3 N–H and O–H groups in total. The summed E-state index contributed by atoms with van der Waals surface area (Å²) in [5, 5.41) is 11.3. The standard InChI is InChI=1S/C25H33N7OS/c1-6-22(33)32-11-9-18(15-32)28-20-12-17(14-27-16(2)25(3,4)5)13-21(30-20)31-24-29-19-8-7-10-26-23(19)34-24/h6-8,10,12-13,16,18,27H,1,9,11,14-15H2,2-5H3,(H2,28,29,30,31)/t16-,18+/m0/s1. The first kappa shape index (κ1) is 24.1. The predicted molar refractivity (Wildman–Crippen MR) is 139 cm³/mol. The van der Waals surface area contributed by atoms with Gasteiger partial charge in [-0.05, 0) is 54.7 Å². The fraction of sp³-hybridized carbons (Fsp3) is 0.440. The number of carbonyl (C=O) groups excluding carboxylic acids is 1. The number of amides is 1. The molecule has 0 aromatic carbocycles. The van der Waals surface area contributed by atoms with E-state index in [1.807, 2.05) is 17.0 Å². The second-order valence-corrected chi connectivity index (χ2v) is 10.8. The van der Waals surface area contributed by atoms with Crippen molar-refractivity contribution in [3.8, 4) is 0 Å². The molecule has 1 fully saturated rings. The summed E-state index contributed by atoms with van der Waals surface area (Å²) < 4.78 is 0. The van der Waals surface area contributed by atoms with Crippen LogP contribution in [0.1, 0.15) is 39.7 Å². The summed E-state index contributed by atoms with van der Waals surface area (Å²) in [6.07, 6.45) is 4.02. The van der Waals surface area contributed by atoms with Gasteiger partial charge in [-0.3, -0.25) is 4.79 Å². The van der Waals surface area contributed by atoms with Crippen molar-refractivity contribution in [1.82, 2.24) is 25.2 Å². The maximum Gasteiger partial charge on any atom is 0.246 e. The highest BCUT2D eigenvalue weighted by atomic mass is 32.1. The van der Waals surface area contributed by atoms with Gasteiger partial charge in [0.05, 0.1) is 0 Å². The molecule has 8 nitrogen and oxygen atoms in total. The van der Waals surface area contributed by atoms with Crippen molar-refractivity contribution in [1.29, 1.82) is 0 Å². The van der Waals surface area contributed by atoms with E-state index in [2.05, 4.69) is 72.3 Å². The van der Waals surface area contributed by atoms with Gasteiger partial charge in [-0.25, -0.2) is 15.0 Å². The predicted octanol–water partition coefficient (Wildman–Crippen LogP) is 4.55. The maximum atomic E-state index is 12.0. The summed E-state index contributed by atoms with van der Waals surface area (Å²) in [6.45, 7) is 14.6. The number of carbonyl (C=O) groups is 1. The summed E-state index contributed by atoms with van der Waals surface area (Å²) in [4.78, 5) is 28.5. The quantitative estimate of drug-likeness (QED) is 0.408. The second-order valence-electron chi connectivity index (χ2n) is 9.80. The molecule has 0 aliphatic carbocycles. The lowest BCUT2D eigenvalue weighted by atomic mass is 9.88. The first-order chi connectivity index (χ1) is 16.2. The SMILES string of the molecule is C=CC(=O)N1CC[C@@H](Nc2cc(CN[C@@H](C)C(C)(C)C)cc(Nc3nc4cccnc4s3)n2)C1. The molecule has 2 atom stereocenters. The number of hydrogen-bond acceptors (Lipinski definition) is 8. The van der Waals surface area contributed by atoms with Crippen LogP contribution in [0, 0.1) is 5.41 Å². The second kappa shape index (κ2) is 10.1. The Labute approximate surface area is 204 Å². The Morgan fingerprint density at radius 3 is 2.85 bits per heavy atom. The molecule has 3 aromatic heterocycles. The first-order valence-electron chi connectivity index (χ1n) is 11.6. The molecule has 3 aromatic rings. The lowest BCUT2D eigenvalue weighted by molar-refractivity contribution is -0.125. The molecule has 0 radical (unpaired) electrons. The van der Waals surface area contributed by atoms with Crippen molar-refractivity contribution in [2.75, 3.05) is 23.7 Å². The maximum absolute atomic E-state index is 12.0. The minimum atomic E-state index is -0.0295. The van der Waals surface area contributed by atoms with E-state index in [1.165, 1.54) is 17.4 Å². The monoisotopic (exact) mass is 479 g/mol. The van der Waals surface area contributed by atoms with E-state index in [9.17, 15) is 4.79 Å². The van der Waals surface area contributed by atoms with Crippen LogP contribution in [0.3, 0.4) is 0 Å². The van der Waals surface area contributed by atoms with Crippen LogP contribution < -0.4 is 16.0 Å². The molecule has 0 spiro atoms. The third-order valence-electron chi connectivity index (χ3n) is 6.22. The average Bonchev–Trinajstić information content (AvgIpc) is 3.42. The zero-order chi connectivity index (χ0) is 24.3. The minimum Gasteiger partial charge on any atom is -0.365 e. The lowest BCUT2D eigenvalue weighted by Gasteiger charge is -2.28. The van der Waals surface area contributed by atoms with Gasteiger partial charge in [0, 0.05) is 37.9 Å².